The molecule has 27 heavy (non-hydrogen) atoms. The second-order valence-electron chi connectivity index (χ2n) is 6.62. The van der Waals surface area contributed by atoms with Gasteiger partial charge < -0.3 is 20.5 Å². The van der Waals surface area contributed by atoms with E-state index in [1.165, 1.54) is 21.9 Å². The van der Waals surface area contributed by atoms with Gasteiger partial charge in [0.1, 0.15) is 0 Å². The highest BCUT2D eigenvalue weighted by Gasteiger charge is 2.17. The summed E-state index contributed by atoms with van der Waals surface area (Å²) >= 11 is 0. The quantitative estimate of drug-likeness (QED) is 0.534. The van der Waals surface area contributed by atoms with Crippen LogP contribution < -0.4 is 20.5 Å². The van der Waals surface area contributed by atoms with E-state index in [0.29, 0.717) is 24.0 Å². The maximum atomic E-state index is 6.15. The zero-order valence-electron chi connectivity index (χ0n) is 15.6. The number of aryl methyl sites for hydroxylation is 2. The van der Waals surface area contributed by atoms with E-state index in [0.717, 1.165) is 24.1 Å². The van der Waals surface area contributed by atoms with Crippen LogP contribution in [-0.4, -0.2) is 20.2 Å². The van der Waals surface area contributed by atoms with Crippen LogP contribution in [-0.2, 0) is 19.4 Å². The molecule has 0 atom stereocenters. The number of methoxy groups -OCH3 is 2. The van der Waals surface area contributed by atoms with Crippen molar-refractivity contribution in [3.8, 4) is 11.5 Å². The number of guanidine groups is 1. The number of aliphatic imine (C=N–C) groups is 1. The van der Waals surface area contributed by atoms with Gasteiger partial charge in [0.25, 0.3) is 0 Å². The molecular weight excluding hydrogens is 338 g/mol. The lowest BCUT2D eigenvalue weighted by molar-refractivity contribution is 0.354. The fraction of sp³-hybridized carbons (Fsp3) is 0.227. The molecule has 0 saturated heterocycles. The van der Waals surface area contributed by atoms with Gasteiger partial charge in [0, 0.05) is 5.69 Å². The molecule has 0 saturated carbocycles. The summed E-state index contributed by atoms with van der Waals surface area (Å²) in [5, 5.41) is 5.92. The third-order valence-corrected chi connectivity index (χ3v) is 5.03. The van der Waals surface area contributed by atoms with Crippen molar-refractivity contribution >= 4 is 22.4 Å². The van der Waals surface area contributed by atoms with Crippen molar-refractivity contribution in [2.75, 3.05) is 19.5 Å². The lowest BCUT2D eigenvalue weighted by Crippen LogP contribution is -2.23. The van der Waals surface area contributed by atoms with Crippen LogP contribution in [0.4, 0.5) is 5.69 Å². The molecule has 0 aromatic heterocycles. The Balaban J connectivity index is 1.53. The first-order chi connectivity index (χ1) is 13.2. The Kier molecular flexibility index (Phi) is 4.59. The number of nitrogens with one attached hydrogen (secondary N) is 1. The van der Waals surface area contributed by atoms with Crippen molar-refractivity contribution in [2.24, 2.45) is 10.7 Å². The SMILES string of the molecule is COc1ccc(CN=C(N)Nc2ccc3cccc4c3c2CC4)cc1OC. The summed E-state index contributed by atoms with van der Waals surface area (Å²) in [5.41, 5.74) is 10.9. The normalized spacial score (nSPS) is 13.0. The Labute approximate surface area is 158 Å². The monoisotopic (exact) mass is 361 g/mol. The van der Waals surface area contributed by atoms with E-state index in [1.54, 1.807) is 14.2 Å². The fourth-order valence-electron chi connectivity index (χ4n) is 3.71. The maximum Gasteiger partial charge on any atom is 0.193 e. The second-order valence-corrected chi connectivity index (χ2v) is 6.62. The average molecular weight is 361 g/mol. The van der Waals surface area contributed by atoms with E-state index in [2.05, 4.69) is 40.6 Å². The second kappa shape index (κ2) is 7.19. The molecule has 138 valence electrons. The van der Waals surface area contributed by atoms with Gasteiger partial charge in [0.15, 0.2) is 17.5 Å². The van der Waals surface area contributed by atoms with Gasteiger partial charge in [-0.05, 0) is 58.5 Å². The first kappa shape index (κ1) is 17.2. The molecule has 3 aromatic rings. The fourth-order valence-corrected chi connectivity index (χ4v) is 3.71. The molecule has 1 aliphatic rings. The van der Waals surface area contributed by atoms with Crippen LogP contribution in [0.25, 0.3) is 10.8 Å². The molecule has 0 bridgehead atoms. The van der Waals surface area contributed by atoms with Crippen molar-refractivity contribution in [2.45, 2.75) is 19.4 Å². The number of benzene rings is 3. The number of hydrogen-bond donors (Lipinski definition) is 2. The standard InChI is InChI=1S/C22H23N3O2/c1-26-19-11-6-14(12-20(19)27-2)13-24-22(23)25-18-10-8-16-5-3-4-15-7-9-17(18)21(15)16/h3-6,8,10-12H,7,9,13H2,1-2H3,(H3,23,24,25). The summed E-state index contributed by atoms with van der Waals surface area (Å²) in [6.07, 6.45) is 2.11. The molecule has 1 aliphatic carbocycles. The molecule has 5 nitrogen and oxygen atoms in total. The van der Waals surface area contributed by atoms with E-state index in [1.807, 2.05) is 18.2 Å². The molecule has 0 fully saturated rings. The van der Waals surface area contributed by atoms with Crippen LogP contribution in [0.15, 0.2) is 53.5 Å². The lowest BCUT2D eigenvalue weighted by Gasteiger charge is -2.12. The van der Waals surface area contributed by atoms with Gasteiger partial charge in [-0.3, -0.25) is 0 Å². The number of nitrogens with two attached hydrogens (primary N) is 1. The summed E-state index contributed by atoms with van der Waals surface area (Å²) in [6.45, 7) is 0.466. The third-order valence-electron chi connectivity index (χ3n) is 5.03. The predicted molar refractivity (Wildman–Crippen MR) is 110 cm³/mol. The highest BCUT2D eigenvalue weighted by Crippen LogP contribution is 2.35. The summed E-state index contributed by atoms with van der Waals surface area (Å²) in [4.78, 5) is 4.48. The van der Waals surface area contributed by atoms with Gasteiger partial charge in [-0.1, -0.05) is 30.3 Å². The van der Waals surface area contributed by atoms with Crippen LogP contribution in [0.5, 0.6) is 11.5 Å². The summed E-state index contributed by atoms with van der Waals surface area (Å²) < 4.78 is 10.6. The molecule has 5 heteroatoms. The molecule has 0 aliphatic heterocycles. The van der Waals surface area contributed by atoms with E-state index in [4.69, 9.17) is 15.2 Å². The highest BCUT2D eigenvalue weighted by atomic mass is 16.5. The van der Waals surface area contributed by atoms with Crippen LogP contribution in [0.2, 0.25) is 0 Å². The van der Waals surface area contributed by atoms with Gasteiger partial charge in [-0.25, -0.2) is 4.99 Å². The largest absolute Gasteiger partial charge is 0.493 e. The average Bonchev–Trinajstić information content (AvgIpc) is 3.14. The van der Waals surface area contributed by atoms with Crippen molar-refractivity contribution in [3.05, 3.63) is 65.2 Å². The van der Waals surface area contributed by atoms with Gasteiger partial charge in [0.2, 0.25) is 0 Å². The molecule has 0 unspecified atom stereocenters. The van der Waals surface area contributed by atoms with Gasteiger partial charge >= 0.3 is 0 Å². The Bertz CT molecular complexity index is 1030. The first-order valence-corrected chi connectivity index (χ1v) is 9.01. The van der Waals surface area contributed by atoms with Crippen molar-refractivity contribution in [3.63, 3.8) is 0 Å². The van der Waals surface area contributed by atoms with Crippen molar-refractivity contribution in [1.29, 1.82) is 0 Å². The van der Waals surface area contributed by atoms with Crippen molar-refractivity contribution < 1.29 is 9.47 Å². The summed E-state index contributed by atoms with van der Waals surface area (Å²) in [7, 11) is 3.24. The topological polar surface area (TPSA) is 68.9 Å². The Morgan fingerprint density at radius 3 is 2.70 bits per heavy atom. The van der Waals surface area contributed by atoms with E-state index >= 15 is 0 Å². The number of hydrogen-bond acceptors (Lipinski definition) is 3. The van der Waals surface area contributed by atoms with E-state index < -0.39 is 0 Å². The zero-order valence-corrected chi connectivity index (χ0v) is 15.6. The summed E-state index contributed by atoms with van der Waals surface area (Å²) in [6, 6.07) is 16.5. The van der Waals surface area contributed by atoms with Crippen LogP contribution in [0.3, 0.4) is 0 Å². The first-order valence-electron chi connectivity index (χ1n) is 9.01. The lowest BCUT2D eigenvalue weighted by atomic mass is 10.0. The Morgan fingerprint density at radius 1 is 1.04 bits per heavy atom. The van der Waals surface area contributed by atoms with Gasteiger partial charge in [-0.2, -0.15) is 0 Å². The van der Waals surface area contributed by atoms with Crippen LogP contribution in [0, 0.1) is 0 Å². The predicted octanol–water partition coefficient (Wildman–Crippen LogP) is 3.88. The van der Waals surface area contributed by atoms with E-state index in [-0.39, 0.29) is 0 Å². The Morgan fingerprint density at radius 2 is 1.89 bits per heavy atom. The van der Waals surface area contributed by atoms with Gasteiger partial charge in [-0.15, -0.1) is 0 Å². The third kappa shape index (κ3) is 3.28. The van der Waals surface area contributed by atoms with Crippen LogP contribution in [0.1, 0.15) is 16.7 Å². The number of anilines is 1. The minimum Gasteiger partial charge on any atom is -0.493 e. The van der Waals surface area contributed by atoms with Crippen molar-refractivity contribution in [1.82, 2.24) is 0 Å². The highest BCUT2D eigenvalue weighted by molar-refractivity contribution is 6.00. The van der Waals surface area contributed by atoms with Gasteiger partial charge in [0.05, 0.1) is 20.8 Å². The molecule has 4 rings (SSSR count). The molecule has 3 aromatic carbocycles. The minimum atomic E-state index is 0.407. The number of rotatable bonds is 5. The molecule has 3 N–H and O–H groups in total. The molecule has 0 amide bonds. The minimum absolute atomic E-state index is 0.407. The Hall–Kier alpha value is -3.21. The maximum absolute atomic E-state index is 6.15. The summed E-state index contributed by atoms with van der Waals surface area (Å²) in [5.74, 6) is 1.79. The molecule has 0 radical (unpaired) electrons. The number of ether oxygens (including phenoxy) is 2. The zero-order chi connectivity index (χ0) is 18.8. The van der Waals surface area contributed by atoms with Crippen LogP contribution >= 0.6 is 0 Å². The molecule has 0 spiro atoms. The number of nitrogens with zero attached hydrogens (tertiary/aromatic N) is 1. The molecular formula is C22H23N3O2. The smallest absolute Gasteiger partial charge is 0.193 e. The van der Waals surface area contributed by atoms with E-state index in [9.17, 15) is 0 Å². The molecule has 0 heterocycles.